The fraction of sp³-hybridized carbons (Fsp3) is 0.273. The van der Waals surface area contributed by atoms with Crippen LogP contribution in [0.3, 0.4) is 0 Å². The highest BCUT2D eigenvalue weighted by Gasteiger charge is 1.98. The molecule has 1 rings (SSSR count). The molecule has 0 radical (unpaired) electrons. The first kappa shape index (κ1) is 8.67. The minimum absolute atomic E-state index is 0.345. The van der Waals surface area contributed by atoms with E-state index >= 15 is 0 Å². The summed E-state index contributed by atoms with van der Waals surface area (Å²) in [5.41, 5.74) is 1.31. The highest BCUT2D eigenvalue weighted by Crippen LogP contribution is 2.01. The minimum Gasteiger partial charge on any atom is -0.343 e. The van der Waals surface area contributed by atoms with Crippen LogP contribution in [-0.4, -0.2) is 6.04 Å². The van der Waals surface area contributed by atoms with Gasteiger partial charge in [-0.05, 0) is 18.9 Å². The predicted octanol–water partition coefficient (Wildman–Crippen LogP) is 1.80. The molecule has 0 spiro atoms. The molecular formula is C11H13N. The number of hydrogen-bond donors (Lipinski definition) is 1. The van der Waals surface area contributed by atoms with Crippen LogP contribution in [0, 0.1) is 12.5 Å². The lowest BCUT2D eigenvalue weighted by molar-refractivity contribution is 0.651. The normalized spacial score (nSPS) is 11.7. The number of rotatable bonds is 3. The summed E-state index contributed by atoms with van der Waals surface area (Å²) in [5.74, 6) is 0. The Morgan fingerprint density at radius 1 is 1.42 bits per heavy atom. The molecule has 0 amide bonds. The molecule has 1 nitrogen and oxygen atoms in total. The van der Waals surface area contributed by atoms with E-state index in [0.717, 1.165) is 6.42 Å². The first-order chi connectivity index (χ1) is 5.83. The van der Waals surface area contributed by atoms with Crippen LogP contribution in [0.1, 0.15) is 12.5 Å². The Hall–Kier alpha value is -1.42. The highest BCUT2D eigenvalue weighted by atomic mass is 14.9. The van der Waals surface area contributed by atoms with E-state index in [9.17, 15) is 0 Å². The van der Waals surface area contributed by atoms with Crippen molar-refractivity contribution in [3.05, 3.63) is 35.9 Å². The first-order valence-electron chi connectivity index (χ1n) is 4.08. The van der Waals surface area contributed by atoms with Gasteiger partial charge in [0.2, 0.25) is 0 Å². The third-order valence-electron chi connectivity index (χ3n) is 1.71. The Bertz CT molecular complexity index is 258. The van der Waals surface area contributed by atoms with E-state index in [-0.39, 0.29) is 0 Å². The number of hydrogen-bond acceptors (Lipinski definition) is 1. The Labute approximate surface area is 73.8 Å². The van der Waals surface area contributed by atoms with Crippen LogP contribution < -0.4 is 5.32 Å². The summed E-state index contributed by atoms with van der Waals surface area (Å²) in [7, 11) is 0. The number of benzene rings is 1. The zero-order valence-electron chi connectivity index (χ0n) is 7.25. The molecular weight excluding hydrogens is 146 g/mol. The molecule has 0 saturated carbocycles. The Morgan fingerprint density at radius 3 is 2.67 bits per heavy atom. The van der Waals surface area contributed by atoms with Gasteiger partial charge in [-0.15, -0.1) is 0 Å². The van der Waals surface area contributed by atoms with Gasteiger partial charge in [-0.1, -0.05) is 36.8 Å². The highest BCUT2D eigenvalue weighted by molar-refractivity contribution is 5.15. The van der Waals surface area contributed by atoms with Crippen molar-refractivity contribution in [2.45, 2.75) is 19.4 Å². The van der Waals surface area contributed by atoms with Crippen molar-refractivity contribution in [3.8, 4) is 12.5 Å². The van der Waals surface area contributed by atoms with Crippen LogP contribution in [0.5, 0.6) is 0 Å². The van der Waals surface area contributed by atoms with E-state index in [0.29, 0.717) is 6.04 Å². The average Bonchev–Trinajstić information content (AvgIpc) is 2.06. The van der Waals surface area contributed by atoms with Gasteiger partial charge in [0.25, 0.3) is 0 Å². The van der Waals surface area contributed by atoms with Gasteiger partial charge in [-0.3, -0.25) is 0 Å². The molecule has 1 N–H and O–H groups in total. The lowest BCUT2D eigenvalue weighted by atomic mass is 10.1. The second kappa shape index (κ2) is 4.46. The molecule has 1 aromatic rings. The van der Waals surface area contributed by atoms with Gasteiger partial charge in [0, 0.05) is 12.1 Å². The minimum atomic E-state index is 0.345. The average molecular weight is 159 g/mol. The topological polar surface area (TPSA) is 12.0 Å². The molecule has 1 aromatic carbocycles. The Morgan fingerprint density at radius 2 is 2.08 bits per heavy atom. The lowest BCUT2D eigenvalue weighted by Gasteiger charge is -2.09. The molecule has 0 aliphatic heterocycles. The molecule has 0 aromatic heterocycles. The fourth-order valence-corrected chi connectivity index (χ4v) is 1.16. The van der Waals surface area contributed by atoms with Gasteiger partial charge in [0.05, 0.1) is 0 Å². The molecule has 0 heterocycles. The monoisotopic (exact) mass is 159 g/mol. The summed E-state index contributed by atoms with van der Waals surface area (Å²) in [4.78, 5) is 0. The van der Waals surface area contributed by atoms with Crippen LogP contribution in [0.25, 0.3) is 0 Å². The van der Waals surface area contributed by atoms with E-state index in [2.05, 4.69) is 30.4 Å². The second-order valence-corrected chi connectivity index (χ2v) is 2.88. The third kappa shape index (κ3) is 2.67. The molecule has 0 fully saturated rings. The zero-order chi connectivity index (χ0) is 8.81. The molecule has 0 aliphatic carbocycles. The van der Waals surface area contributed by atoms with Crippen molar-refractivity contribution >= 4 is 0 Å². The number of nitrogens with one attached hydrogen (secondary N) is 1. The van der Waals surface area contributed by atoms with E-state index < -0.39 is 0 Å². The molecule has 0 aliphatic rings. The molecule has 0 bridgehead atoms. The van der Waals surface area contributed by atoms with Crippen molar-refractivity contribution < 1.29 is 0 Å². The van der Waals surface area contributed by atoms with Crippen LogP contribution in [0.15, 0.2) is 30.3 Å². The number of terminal acetylenes is 1. The summed E-state index contributed by atoms with van der Waals surface area (Å²) >= 11 is 0. The van der Waals surface area contributed by atoms with E-state index in [1.807, 2.05) is 18.2 Å². The van der Waals surface area contributed by atoms with Gasteiger partial charge in [0.15, 0.2) is 0 Å². The van der Waals surface area contributed by atoms with Gasteiger partial charge < -0.3 is 5.32 Å². The molecule has 1 atom stereocenters. The summed E-state index contributed by atoms with van der Waals surface area (Å²) < 4.78 is 0. The van der Waals surface area contributed by atoms with E-state index in [4.69, 9.17) is 6.42 Å². The summed E-state index contributed by atoms with van der Waals surface area (Å²) in [6.07, 6.45) is 6.10. The maximum atomic E-state index is 5.12. The quantitative estimate of drug-likeness (QED) is 0.524. The van der Waals surface area contributed by atoms with E-state index in [1.54, 1.807) is 0 Å². The largest absolute Gasteiger partial charge is 0.343 e. The van der Waals surface area contributed by atoms with Crippen molar-refractivity contribution in [2.24, 2.45) is 0 Å². The zero-order valence-corrected chi connectivity index (χ0v) is 7.25. The van der Waals surface area contributed by atoms with Gasteiger partial charge in [-0.25, -0.2) is 0 Å². The summed E-state index contributed by atoms with van der Waals surface area (Å²) in [6, 6.07) is 13.1. The van der Waals surface area contributed by atoms with Gasteiger partial charge in [0.1, 0.15) is 0 Å². The molecule has 1 heteroatoms. The summed E-state index contributed by atoms with van der Waals surface area (Å²) in [5, 5.41) is 2.92. The molecule has 62 valence electrons. The van der Waals surface area contributed by atoms with Crippen LogP contribution in [0.4, 0.5) is 0 Å². The first-order valence-corrected chi connectivity index (χ1v) is 4.08. The summed E-state index contributed by atoms with van der Waals surface area (Å²) in [6.45, 7) is 2.08. The second-order valence-electron chi connectivity index (χ2n) is 2.88. The maximum Gasteiger partial charge on any atom is 0.0352 e. The molecule has 1 unspecified atom stereocenters. The predicted molar refractivity (Wildman–Crippen MR) is 51.6 cm³/mol. The van der Waals surface area contributed by atoms with Crippen molar-refractivity contribution in [3.63, 3.8) is 0 Å². The van der Waals surface area contributed by atoms with Crippen LogP contribution in [0.2, 0.25) is 0 Å². The molecule has 0 saturated heterocycles. The van der Waals surface area contributed by atoms with Crippen molar-refractivity contribution in [1.82, 2.24) is 5.32 Å². The standard InChI is InChI=1S/C11H13N/c1-3-12-10(2)9-11-7-5-4-6-8-11/h1,4-8,10,12H,9H2,2H3. The van der Waals surface area contributed by atoms with Crippen LogP contribution >= 0.6 is 0 Å². The van der Waals surface area contributed by atoms with Crippen molar-refractivity contribution in [1.29, 1.82) is 0 Å². The van der Waals surface area contributed by atoms with Gasteiger partial charge in [-0.2, -0.15) is 0 Å². The molecule has 12 heavy (non-hydrogen) atoms. The Balaban J connectivity index is 2.48. The van der Waals surface area contributed by atoms with Gasteiger partial charge >= 0.3 is 0 Å². The maximum absolute atomic E-state index is 5.12. The smallest absolute Gasteiger partial charge is 0.0352 e. The lowest BCUT2D eigenvalue weighted by Crippen LogP contribution is -2.22. The SMILES string of the molecule is C#CNC(C)Cc1ccccc1. The Kier molecular flexibility index (Phi) is 3.22. The third-order valence-corrected chi connectivity index (χ3v) is 1.71. The fourth-order valence-electron chi connectivity index (χ4n) is 1.16. The van der Waals surface area contributed by atoms with E-state index in [1.165, 1.54) is 5.56 Å². The van der Waals surface area contributed by atoms with Crippen LogP contribution in [-0.2, 0) is 6.42 Å². The van der Waals surface area contributed by atoms with Crippen molar-refractivity contribution in [2.75, 3.05) is 0 Å².